The fourth-order valence-electron chi connectivity index (χ4n) is 0. The summed E-state index contributed by atoms with van der Waals surface area (Å²) in [6.07, 6.45) is 0. The molecule has 0 saturated heterocycles. The molecule has 0 spiro atoms. The van der Waals surface area contributed by atoms with Gasteiger partial charge in [0.2, 0.25) is 0 Å². The van der Waals surface area contributed by atoms with Crippen molar-refractivity contribution in [2.75, 3.05) is 0 Å². The van der Waals surface area contributed by atoms with Crippen LogP contribution in [0, 0.1) is 0 Å². The zero-order chi connectivity index (χ0) is 4.00. The van der Waals surface area contributed by atoms with Crippen LogP contribution in [0.15, 0.2) is 0 Å². The van der Waals surface area contributed by atoms with Crippen LogP contribution in [0.3, 0.4) is 0 Å². The topological polar surface area (TPSA) is 17.1 Å². The summed E-state index contributed by atoms with van der Waals surface area (Å²) in [7, 11) is 1.42. The first-order chi connectivity index (χ1) is 2.00. The van der Waals surface area contributed by atoms with Crippen LogP contribution in [0.4, 0.5) is 0 Å². The van der Waals surface area contributed by atoms with Crippen molar-refractivity contribution in [3.05, 3.63) is 0 Å². The average Bonchev–Trinajstić information content (AvgIpc) is 1.50. The summed E-state index contributed by atoms with van der Waals surface area (Å²) in [6, 6.07) is 0. The van der Waals surface area contributed by atoms with Crippen molar-refractivity contribution in [2.24, 2.45) is 0 Å². The molecule has 0 aromatic heterocycles. The predicted molar refractivity (Wildman–Crippen MR) is 20.6 cm³/mol. The monoisotopic (exact) mass is 396 g/mol. The molecule has 0 aliphatic rings. The zero-order valence-electron chi connectivity index (χ0n) is 2.86. The van der Waals surface area contributed by atoms with E-state index in [4.69, 9.17) is 3.32 Å². The molecule has 32 valence electrons. The second kappa shape index (κ2) is 44.9. The van der Waals surface area contributed by atoms with Crippen LogP contribution < -0.4 is 0 Å². The van der Waals surface area contributed by atoms with Crippen LogP contribution in [-0.2, 0) is 70.2 Å². The molecule has 0 heterocycles. The smallest absolute Gasteiger partial charge is 0 e. The molecular formula is H6AlOSiTaTiZr. The molecule has 6 heteroatoms. The van der Waals surface area contributed by atoms with Gasteiger partial charge in [0.25, 0.3) is 0 Å². The molecule has 0 rings (SSSR count). The minimum absolute atomic E-state index is 0. The van der Waals surface area contributed by atoms with Gasteiger partial charge in [-0.3, -0.25) is 0 Å². The fraction of sp³-hybridized carbons (Fsp3) is 0. The minimum Gasteiger partial charge on any atom is 0 e. The molecule has 0 bridgehead atoms. The molecule has 6 heavy (non-hydrogen) atoms. The zero-order valence-corrected chi connectivity index (χ0v) is 12.1. The predicted octanol–water partition coefficient (Wildman–Crippen LogP) is -2.49. The largest absolute Gasteiger partial charge is 0 e. The SMILES string of the molecule is [AlH3].[O]=[Ti].[SiH3][Ta].[Zr]. The average molecular weight is 397 g/mol. The Balaban J connectivity index is -0.00000000500. The van der Waals surface area contributed by atoms with Crippen LogP contribution in [-0.4, -0.2) is 25.4 Å². The van der Waals surface area contributed by atoms with E-state index in [0.29, 0.717) is 0 Å². The first-order valence-corrected chi connectivity index (χ1v) is 11.8. The Morgan fingerprint density at radius 3 is 1.33 bits per heavy atom. The van der Waals surface area contributed by atoms with E-state index >= 15 is 0 Å². The van der Waals surface area contributed by atoms with Gasteiger partial charge in [-0.1, -0.05) is 0 Å². The Morgan fingerprint density at radius 2 is 1.33 bits per heavy atom. The number of hydrogen-bond donors (Lipinski definition) is 0. The van der Waals surface area contributed by atoms with Gasteiger partial charge in [0.1, 0.15) is 0 Å². The van der Waals surface area contributed by atoms with E-state index in [9.17, 15) is 0 Å². The molecule has 0 atom stereocenters. The van der Waals surface area contributed by atoms with Gasteiger partial charge >= 0.3 is 52.0 Å². The Labute approximate surface area is 93.9 Å². The third kappa shape index (κ3) is 28.6. The molecule has 0 aromatic carbocycles. The second-order valence-corrected chi connectivity index (χ2v) is 0. The normalized spacial score (nSPS) is 1.83. The van der Waals surface area contributed by atoms with E-state index in [1.807, 2.05) is 0 Å². The minimum atomic E-state index is 0. The number of rotatable bonds is 0. The van der Waals surface area contributed by atoms with Crippen molar-refractivity contribution in [2.45, 2.75) is 0 Å². The van der Waals surface area contributed by atoms with Gasteiger partial charge in [0.15, 0.2) is 17.4 Å². The van der Waals surface area contributed by atoms with Gasteiger partial charge in [-0.25, -0.2) is 0 Å². The van der Waals surface area contributed by atoms with E-state index in [1.165, 1.54) is 8.00 Å². The van der Waals surface area contributed by atoms with Gasteiger partial charge in [-0.15, -0.1) is 0 Å². The summed E-state index contributed by atoms with van der Waals surface area (Å²) in [5.41, 5.74) is 0. The Bertz CT molecular complexity index is 15.5. The standard InChI is InChI=1S/Al.O.H3Si.Ta.Ti.Zr.3H/h;;1H3;;;;;;. The quantitative estimate of drug-likeness (QED) is 0.414. The van der Waals surface area contributed by atoms with Crippen LogP contribution in [0.25, 0.3) is 0 Å². The maximum Gasteiger partial charge on any atom is 0 e. The van der Waals surface area contributed by atoms with Crippen molar-refractivity contribution in [1.29, 1.82) is 0 Å². The van der Waals surface area contributed by atoms with Crippen molar-refractivity contribution in [3.63, 3.8) is 0 Å². The van der Waals surface area contributed by atoms with Crippen LogP contribution >= 0.6 is 0 Å². The fourth-order valence-corrected chi connectivity index (χ4v) is 0. The molecule has 0 saturated carbocycles. The maximum absolute atomic E-state index is 8.25. The molecule has 0 N–H and O–H groups in total. The van der Waals surface area contributed by atoms with Crippen LogP contribution in [0.5, 0.6) is 0 Å². The van der Waals surface area contributed by atoms with Gasteiger partial charge in [-0.05, 0) is 0 Å². The Kier molecular flexibility index (Phi) is 173. The van der Waals surface area contributed by atoms with E-state index in [1.54, 1.807) is 20.3 Å². The molecule has 0 radical (unpaired) electrons. The third-order valence-corrected chi connectivity index (χ3v) is 0. The summed E-state index contributed by atoms with van der Waals surface area (Å²) in [4.78, 5) is 0. The maximum atomic E-state index is 8.25. The summed E-state index contributed by atoms with van der Waals surface area (Å²) in [6.45, 7) is 0. The van der Waals surface area contributed by atoms with Crippen LogP contribution in [0.1, 0.15) is 0 Å². The summed E-state index contributed by atoms with van der Waals surface area (Å²) in [5, 5.41) is 0. The Morgan fingerprint density at radius 1 is 1.33 bits per heavy atom. The van der Waals surface area contributed by atoms with Crippen molar-refractivity contribution in [1.82, 2.24) is 0 Å². The first-order valence-electron chi connectivity index (χ1n) is 0.651. The van der Waals surface area contributed by atoms with Crippen molar-refractivity contribution in [3.8, 4) is 0 Å². The van der Waals surface area contributed by atoms with E-state index in [-0.39, 0.29) is 43.6 Å². The van der Waals surface area contributed by atoms with Crippen molar-refractivity contribution < 1.29 is 70.2 Å². The van der Waals surface area contributed by atoms with Gasteiger partial charge in [0, 0.05) is 26.2 Å². The third-order valence-electron chi connectivity index (χ3n) is 0. The molecule has 0 fully saturated rings. The summed E-state index contributed by atoms with van der Waals surface area (Å²) in [5.74, 6) is 0. The second-order valence-electron chi connectivity index (χ2n) is 0. The summed E-state index contributed by atoms with van der Waals surface area (Å²) >= 11 is 2.33. The molecule has 0 aliphatic carbocycles. The van der Waals surface area contributed by atoms with E-state index < -0.39 is 0 Å². The molecule has 0 unspecified atom stereocenters. The first kappa shape index (κ1) is 23.1. The van der Waals surface area contributed by atoms with E-state index in [2.05, 4.69) is 0 Å². The molecule has 0 aliphatic heterocycles. The molecule has 0 aromatic rings. The van der Waals surface area contributed by atoms with E-state index in [0.717, 1.165) is 20.4 Å². The van der Waals surface area contributed by atoms with Crippen molar-refractivity contribution >= 4 is 25.4 Å². The van der Waals surface area contributed by atoms with Crippen LogP contribution in [0.2, 0.25) is 0 Å². The van der Waals surface area contributed by atoms with Gasteiger partial charge in [0.05, 0.1) is 0 Å². The Hall–Kier alpha value is 2.89. The molecule has 1 nitrogen and oxygen atoms in total. The van der Waals surface area contributed by atoms with Gasteiger partial charge < -0.3 is 0 Å². The molecule has 0 amide bonds. The molecular weight excluding hydrogens is 391 g/mol. The van der Waals surface area contributed by atoms with Gasteiger partial charge in [-0.2, -0.15) is 0 Å². The summed E-state index contributed by atoms with van der Waals surface area (Å²) < 4.78 is 8.25. The number of hydrogen-bond acceptors (Lipinski definition) is 1.